The molecule has 0 saturated heterocycles. The predicted octanol–water partition coefficient (Wildman–Crippen LogP) is 3.12. The Labute approximate surface area is 128 Å². The Hall–Kier alpha value is -2.82. The van der Waals surface area contributed by atoms with E-state index in [2.05, 4.69) is 5.10 Å². The van der Waals surface area contributed by atoms with Gasteiger partial charge < -0.3 is 9.47 Å². The predicted molar refractivity (Wildman–Crippen MR) is 82.5 cm³/mol. The average Bonchev–Trinajstić information content (AvgIpc) is 2.97. The van der Waals surface area contributed by atoms with Crippen molar-refractivity contribution in [2.75, 3.05) is 7.11 Å². The van der Waals surface area contributed by atoms with Crippen LogP contribution in [0.3, 0.4) is 0 Å². The molecule has 0 aliphatic carbocycles. The van der Waals surface area contributed by atoms with Gasteiger partial charge in [0.15, 0.2) is 5.78 Å². The van der Waals surface area contributed by atoms with Gasteiger partial charge in [-0.25, -0.2) is 4.52 Å². The largest absolute Gasteiger partial charge is 0.494 e. The minimum Gasteiger partial charge on any atom is -0.494 e. The monoisotopic (exact) mass is 296 g/mol. The van der Waals surface area contributed by atoms with Crippen LogP contribution in [0.15, 0.2) is 48.7 Å². The fourth-order valence-corrected chi connectivity index (χ4v) is 2.20. The smallest absolute Gasteiger partial charge is 0.235 e. The topological polar surface area (TPSA) is 52.8 Å². The van der Waals surface area contributed by atoms with Crippen molar-refractivity contribution < 1.29 is 14.3 Å². The number of carbonyl (C=O) groups excluding carboxylic acids is 1. The normalized spacial score (nSPS) is 10.6. The Balaban J connectivity index is 1.91. The summed E-state index contributed by atoms with van der Waals surface area (Å²) in [4.78, 5) is 11.5. The molecule has 2 aromatic heterocycles. The van der Waals surface area contributed by atoms with Crippen LogP contribution in [0.2, 0.25) is 0 Å². The summed E-state index contributed by atoms with van der Waals surface area (Å²) in [5.74, 6) is 1.05. The van der Waals surface area contributed by atoms with Crippen molar-refractivity contribution in [3.8, 4) is 11.6 Å². The molecule has 5 nitrogen and oxygen atoms in total. The van der Waals surface area contributed by atoms with Crippen LogP contribution in [0.1, 0.15) is 22.8 Å². The summed E-state index contributed by atoms with van der Waals surface area (Å²) in [6.45, 7) is 1.94. The van der Waals surface area contributed by atoms with E-state index in [0.717, 1.165) is 11.1 Å². The standard InChI is InChI=1S/C17H16N2O3/c1-12(20)14-8-15-16(21-2)9-17(18-19(15)10-14)22-11-13-6-4-3-5-7-13/h3-10H,11H2,1-2H3. The van der Waals surface area contributed by atoms with E-state index in [4.69, 9.17) is 9.47 Å². The first-order chi connectivity index (χ1) is 10.7. The first-order valence-corrected chi connectivity index (χ1v) is 6.92. The number of rotatable bonds is 5. The lowest BCUT2D eigenvalue weighted by Gasteiger charge is -2.08. The molecule has 5 heteroatoms. The van der Waals surface area contributed by atoms with Crippen LogP contribution in [0.25, 0.3) is 5.52 Å². The van der Waals surface area contributed by atoms with E-state index in [1.807, 2.05) is 30.3 Å². The Kier molecular flexibility index (Phi) is 3.78. The van der Waals surface area contributed by atoms with Crippen molar-refractivity contribution in [1.29, 1.82) is 0 Å². The molecule has 3 rings (SSSR count). The number of nitrogens with zero attached hydrogens (tertiary/aromatic N) is 2. The maximum absolute atomic E-state index is 11.5. The van der Waals surface area contributed by atoms with Crippen molar-refractivity contribution in [3.63, 3.8) is 0 Å². The first kappa shape index (κ1) is 14.1. The van der Waals surface area contributed by atoms with Crippen LogP contribution in [0, 0.1) is 0 Å². The van der Waals surface area contributed by atoms with Gasteiger partial charge in [-0.1, -0.05) is 30.3 Å². The molecular formula is C17H16N2O3. The Bertz CT molecular complexity index is 809. The first-order valence-electron chi connectivity index (χ1n) is 6.92. The Morgan fingerprint density at radius 3 is 2.68 bits per heavy atom. The van der Waals surface area contributed by atoms with Gasteiger partial charge in [0.1, 0.15) is 17.9 Å². The van der Waals surface area contributed by atoms with E-state index in [0.29, 0.717) is 23.8 Å². The number of carbonyl (C=O) groups is 1. The van der Waals surface area contributed by atoms with Gasteiger partial charge in [0, 0.05) is 17.8 Å². The van der Waals surface area contributed by atoms with Crippen LogP contribution in [-0.2, 0) is 6.61 Å². The lowest BCUT2D eigenvalue weighted by atomic mass is 10.2. The van der Waals surface area contributed by atoms with Gasteiger partial charge in [0.25, 0.3) is 0 Å². The number of fused-ring (bicyclic) bond motifs is 1. The van der Waals surface area contributed by atoms with Crippen LogP contribution in [0.5, 0.6) is 11.6 Å². The lowest BCUT2D eigenvalue weighted by molar-refractivity contribution is 0.101. The highest BCUT2D eigenvalue weighted by atomic mass is 16.5. The Morgan fingerprint density at radius 1 is 1.23 bits per heavy atom. The van der Waals surface area contributed by atoms with Crippen molar-refractivity contribution >= 4 is 11.3 Å². The molecule has 1 aromatic carbocycles. The van der Waals surface area contributed by atoms with Crippen LogP contribution < -0.4 is 9.47 Å². The maximum Gasteiger partial charge on any atom is 0.235 e. The molecular weight excluding hydrogens is 280 g/mol. The Morgan fingerprint density at radius 2 is 2.00 bits per heavy atom. The molecule has 0 N–H and O–H groups in total. The van der Waals surface area contributed by atoms with Crippen LogP contribution in [0.4, 0.5) is 0 Å². The summed E-state index contributed by atoms with van der Waals surface area (Å²) < 4.78 is 12.7. The van der Waals surface area contributed by atoms with Gasteiger partial charge in [0.2, 0.25) is 5.88 Å². The molecule has 0 saturated carbocycles. The second kappa shape index (κ2) is 5.89. The number of hydrogen-bond acceptors (Lipinski definition) is 4. The number of ether oxygens (including phenoxy) is 2. The molecule has 0 radical (unpaired) electrons. The number of methoxy groups -OCH3 is 1. The van der Waals surface area contributed by atoms with E-state index in [9.17, 15) is 4.79 Å². The molecule has 3 aromatic rings. The second-order valence-corrected chi connectivity index (χ2v) is 4.94. The van der Waals surface area contributed by atoms with Crippen molar-refractivity contribution in [1.82, 2.24) is 9.61 Å². The molecule has 0 unspecified atom stereocenters. The summed E-state index contributed by atoms with van der Waals surface area (Å²) >= 11 is 0. The van der Waals surface area contributed by atoms with E-state index >= 15 is 0 Å². The zero-order valence-electron chi connectivity index (χ0n) is 12.4. The summed E-state index contributed by atoms with van der Waals surface area (Å²) in [6, 6.07) is 13.3. The van der Waals surface area contributed by atoms with E-state index in [1.165, 1.54) is 6.92 Å². The van der Waals surface area contributed by atoms with Gasteiger partial charge in [-0.3, -0.25) is 4.79 Å². The molecule has 22 heavy (non-hydrogen) atoms. The van der Waals surface area contributed by atoms with Crippen molar-refractivity contribution in [2.24, 2.45) is 0 Å². The molecule has 0 spiro atoms. The highest BCUT2D eigenvalue weighted by Crippen LogP contribution is 2.25. The molecule has 2 heterocycles. The number of aromatic nitrogens is 2. The summed E-state index contributed by atoms with van der Waals surface area (Å²) in [7, 11) is 1.58. The third-order valence-electron chi connectivity index (χ3n) is 3.37. The molecule has 0 atom stereocenters. The average molecular weight is 296 g/mol. The SMILES string of the molecule is COc1cc(OCc2ccccc2)nn2cc(C(C)=O)cc12. The fourth-order valence-electron chi connectivity index (χ4n) is 2.20. The fraction of sp³-hybridized carbons (Fsp3) is 0.176. The molecule has 0 aliphatic rings. The summed E-state index contributed by atoms with van der Waals surface area (Å²) in [5, 5.41) is 4.36. The van der Waals surface area contributed by atoms with Crippen molar-refractivity contribution in [2.45, 2.75) is 13.5 Å². The van der Waals surface area contributed by atoms with Gasteiger partial charge in [-0.15, -0.1) is 5.10 Å². The second-order valence-electron chi connectivity index (χ2n) is 4.94. The summed E-state index contributed by atoms with van der Waals surface area (Å²) in [5.41, 5.74) is 2.38. The van der Waals surface area contributed by atoms with E-state index in [-0.39, 0.29) is 5.78 Å². The van der Waals surface area contributed by atoms with Gasteiger partial charge in [-0.05, 0) is 18.6 Å². The number of hydrogen-bond donors (Lipinski definition) is 0. The number of Topliss-reactive ketones (excluding diaryl/α,β-unsaturated/α-hetero) is 1. The molecule has 0 aliphatic heterocycles. The highest BCUT2D eigenvalue weighted by Gasteiger charge is 2.11. The molecule has 0 bridgehead atoms. The minimum atomic E-state index is -0.0145. The minimum absolute atomic E-state index is 0.0145. The number of ketones is 1. The quantitative estimate of drug-likeness (QED) is 0.679. The van der Waals surface area contributed by atoms with Gasteiger partial charge in [-0.2, -0.15) is 0 Å². The van der Waals surface area contributed by atoms with Crippen LogP contribution >= 0.6 is 0 Å². The molecule has 0 fully saturated rings. The molecule has 112 valence electrons. The van der Waals surface area contributed by atoms with Crippen LogP contribution in [-0.4, -0.2) is 22.5 Å². The highest BCUT2D eigenvalue weighted by molar-refractivity contribution is 5.95. The zero-order chi connectivity index (χ0) is 15.5. The van der Waals surface area contributed by atoms with Crippen molar-refractivity contribution in [3.05, 3.63) is 59.8 Å². The van der Waals surface area contributed by atoms with Gasteiger partial charge >= 0.3 is 0 Å². The number of benzene rings is 1. The third-order valence-corrected chi connectivity index (χ3v) is 3.37. The lowest BCUT2D eigenvalue weighted by Crippen LogP contribution is -2.01. The van der Waals surface area contributed by atoms with E-state index in [1.54, 1.807) is 30.0 Å². The van der Waals surface area contributed by atoms with E-state index < -0.39 is 0 Å². The molecule has 0 amide bonds. The zero-order valence-corrected chi connectivity index (χ0v) is 12.4. The summed E-state index contributed by atoms with van der Waals surface area (Å²) in [6.07, 6.45) is 1.68. The third kappa shape index (κ3) is 2.79. The maximum atomic E-state index is 11.5. The van der Waals surface area contributed by atoms with Gasteiger partial charge in [0.05, 0.1) is 7.11 Å².